The maximum Gasteiger partial charge on any atom is 0.275 e. The van der Waals surface area contributed by atoms with Crippen LogP contribution in [-0.4, -0.2) is 39.7 Å². The van der Waals surface area contributed by atoms with Crippen molar-refractivity contribution < 1.29 is 18.9 Å². The van der Waals surface area contributed by atoms with E-state index in [0.717, 1.165) is 15.6 Å². The molecule has 4 rings (SSSR count). The quantitative estimate of drug-likeness (QED) is 0.276. The number of anilines is 3. The number of nitrogens with one attached hydrogen (secondary N) is 3. The first-order valence-corrected chi connectivity index (χ1v) is 13.7. The molecule has 2 aromatic carbocycles. The van der Waals surface area contributed by atoms with Crippen molar-refractivity contribution in [3.8, 4) is 5.75 Å². The highest BCUT2D eigenvalue weighted by Gasteiger charge is 2.23. The first-order chi connectivity index (χ1) is 17.6. The predicted molar refractivity (Wildman–Crippen MR) is 149 cm³/mol. The van der Waals surface area contributed by atoms with Gasteiger partial charge in [-0.2, -0.15) is 0 Å². The Labute approximate surface area is 222 Å². The first-order valence-electron chi connectivity index (χ1n) is 11.3. The van der Waals surface area contributed by atoms with Gasteiger partial charge in [0.1, 0.15) is 17.6 Å². The fourth-order valence-electron chi connectivity index (χ4n) is 3.67. The molecule has 192 valence electrons. The Morgan fingerprint density at radius 2 is 1.76 bits per heavy atom. The summed E-state index contributed by atoms with van der Waals surface area (Å²) in [7, 11) is 1.50. The van der Waals surface area contributed by atoms with Gasteiger partial charge in [-0.15, -0.1) is 11.3 Å². The standard InChI is InChI=1S/C26H27N5O4S2/c1-26(2,3)16-12-18(22(35-4)19(13-16)31-37(5)34)30-25(33)21-11-15-7-6-8-17(23(15)36-21)29-24(32)20-14-27-9-10-28-20/h6-14,31H,1-5H3,(H,29,32)(H,30,33). The Kier molecular flexibility index (Phi) is 7.67. The first kappa shape index (κ1) is 26.4. The van der Waals surface area contributed by atoms with Gasteiger partial charge in [-0.3, -0.25) is 14.6 Å². The molecule has 0 saturated carbocycles. The Bertz CT molecular complexity index is 1450. The molecule has 2 aromatic heterocycles. The van der Waals surface area contributed by atoms with E-state index in [2.05, 4.69) is 46.1 Å². The van der Waals surface area contributed by atoms with Gasteiger partial charge in [-0.05, 0) is 40.6 Å². The minimum absolute atomic E-state index is 0.192. The number of rotatable bonds is 7. The number of nitrogens with zero attached hydrogens (tertiary/aromatic N) is 2. The summed E-state index contributed by atoms with van der Waals surface area (Å²) in [5.74, 6) is -0.341. The summed E-state index contributed by atoms with van der Waals surface area (Å²) < 4.78 is 21.1. The number of fused-ring (bicyclic) bond motifs is 1. The Morgan fingerprint density at radius 3 is 2.41 bits per heavy atom. The summed E-state index contributed by atoms with van der Waals surface area (Å²) in [5.41, 5.74) is 2.45. The van der Waals surface area contributed by atoms with Crippen LogP contribution in [0.2, 0.25) is 0 Å². The molecule has 0 aliphatic heterocycles. The van der Waals surface area contributed by atoms with Crippen molar-refractivity contribution in [2.45, 2.75) is 26.2 Å². The maximum absolute atomic E-state index is 13.4. The second kappa shape index (κ2) is 10.8. The summed E-state index contributed by atoms with van der Waals surface area (Å²) in [6, 6.07) is 11.0. The summed E-state index contributed by atoms with van der Waals surface area (Å²) in [5, 5.41) is 6.62. The van der Waals surface area contributed by atoms with Crippen LogP contribution in [0.4, 0.5) is 17.1 Å². The molecule has 3 N–H and O–H groups in total. The third-order valence-corrected chi connectivity index (χ3v) is 7.16. The summed E-state index contributed by atoms with van der Waals surface area (Å²) >= 11 is -0.0775. The van der Waals surface area contributed by atoms with E-state index >= 15 is 0 Å². The van der Waals surface area contributed by atoms with E-state index in [4.69, 9.17) is 4.74 Å². The normalized spacial score (nSPS) is 12.2. The highest BCUT2D eigenvalue weighted by atomic mass is 32.2. The third-order valence-electron chi connectivity index (χ3n) is 5.47. The van der Waals surface area contributed by atoms with E-state index in [1.807, 2.05) is 24.3 Å². The number of benzene rings is 2. The average molecular weight is 538 g/mol. The average Bonchev–Trinajstić information content (AvgIpc) is 3.29. The molecule has 0 radical (unpaired) electrons. The number of carbonyl (C=O) groups is 2. The lowest BCUT2D eigenvalue weighted by Gasteiger charge is -2.23. The number of hydrogen-bond acceptors (Lipinski definition) is 8. The van der Waals surface area contributed by atoms with E-state index in [-0.39, 0.29) is 17.0 Å². The lowest BCUT2D eigenvalue weighted by molar-refractivity contribution is 0.101. The van der Waals surface area contributed by atoms with E-state index < -0.39 is 17.3 Å². The molecule has 2 heterocycles. The van der Waals surface area contributed by atoms with Gasteiger partial charge in [0, 0.05) is 12.4 Å². The van der Waals surface area contributed by atoms with E-state index in [1.165, 1.54) is 43.3 Å². The molecule has 0 fully saturated rings. The van der Waals surface area contributed by atoms with Gasteiger partial charge in [0.05, 0.1) is 45.6 Å². The van der Waals surface area contributed by atoms with E-state index in [9.17, 15) is 14.1 Å². The Balaban J connectivity index is 1.66. The number of aromatic nitrogens is 2. The van der Waals surface area contributed by atoms with Crippen LogP contribution in [0, 0.1) is 0 Å². The molecule has 0 aliphatic carbocycles. The number of carbonyl (C=O) groups excluding carboxylic acids is 2. The van der Waals surface area contributed by atoms with Crippen LogP contribution < -0.4 is 20.1 Å². The van der Waals surface area contributed by atoms with Crippen molar-refractivity contribution in [1.29, 1.82) is 0 Å². The predicted octanol–water partition coefficient (Wildman–Crippen LogP) is 5.21. The van der Waals surface area contributed by atoms with Crippen LogP contribution in [0.25, 0.3) is 10.1 Å². The van der Waals surface area contributed by atoms with Crippen molar-refractivity contribution in [2.75, 3.05) is 28.7 Å². The van der Waals surface area contributed by atoms with Crippen LogP contribution in [-0.2, 0) is 16.8 Å². The summed E-state index contributed by atoms with van der Waals surface area (Å²) in [4.78, 5) is 34.4. The number of ether oxygens (including phenoxy) is 1. The molecule has 0 aliphatic rings. The Hall–Kier alpha value is -3.67. The largest absolute Gasteiger partial charge is 0.593 e. The fourth-order valence-corrected chi connectivity index (χ4v) is 5.15. The lowest BCUT2D eigenvalue weighted by atomic mass is 9.86. The number of methoxy groups -OCH3 is 1. The van der Waals surface area contributed by atoms with E-state index in [0.29, 0.717) is 27.7 Å². The molecule has 0 saturated heterocycles. The lowest BCUT2D eigenvalue weighted by Crippen LogP contribution is -2.18. The minimum atomic E-state index is -1.34. The van der Waals surface area contributed by atoms with Crippen molar-refractivity contribution in [2.24, 2.45) is 0 Å². The zero-order chi connectivity index (χ0) is 26.7. The minimum Gasteiger partial charge on any atom is -0.593 e. The molecule has 4 aromatic rings. The van der Waals surface area contributed by atoms with Gasteiger partial charge in [0.2, 0.25) is 0 Å². The highest BCUT2D eigenvalue weighted by Crippen LogP contribution is 2.40. The van der Waals surface area contributed by atoms with Gasteiger partial charge in [0.15, 0.2) is 5.75 Å². The number of thiophene rings is 1. The molecular weight excluding hydrogens is 510 g/mol. The molecule has 11 heteroatoms. The van der Waals surface area contributed by atoms with Crippen LogP contribution in [0.1, 0.15) is 46.5 Å². The molecular formula is C26H27N5O4S2. The van der Waals surface area contributed by atoms with Gasteiger partial charge in [-0.25, -0.2) is 9.71 Å². The van der Waals surface area contributed by atoms with Crippen molar-refractivity contribution >= 4 is 61.7 Å². The Morgan fingerprint density at radius 1 is 1.03 bits per heavy atom. The molecule has 0 bridgehead atoms. The van der Waals surface area contributed by atoms with Gasteiger partial charge >= 0.3 is 0 Å². The molecule has 1 atom stereocenters. The molecule has 1 unspecified atom stereocenters. The molecule has 37 heavy (non-hydrogen) atoms. The van der Waals surface area contributed by atoms with Crippen molar-refractivity contribution in [3.05, 3.63) is 71.1 Å². The molecule has 9 nitrogen and oxygen atoms in total. The van der Waals surface area contributed by atoms with Crippen molar-refractivity contribution in [3.63, 3.8) is 0 Å². The van der Waals surface area contributed by atoms with Crippen LogP contribution in [0.3, 0.4) is 0 Å². The zero-order valence-corrected chi connectivity index (χ0v) is 22.7. The maximum atomic E-state index is 13.4. The van der Waals surface area contributed by atoms with Gasteiger partial charge in [0.25, 0.3) is 11.8 Å². The fraction of sp³-hybridized carbons (Fsp3) is 0.231. The smallest absolute Gasteiger partial charge is 0.275 e. The molecule has 2 amide bonds. The van der Waals surface area contributed by atoms with Gasteiger partial charge < -0.3 is 19.9 Å². The van der Waals surface area contributed by atoms with Crippen LogP contribution in [0.15, 0.2) is 55.0 Å². The SMILES string of the molecule is COc1c(NC(=O)c2cc3cccc(NC(=O)c4cnccn4)c3s2)cc(C(C)(C)C)cc1N[S+](C)[O-]. The zero-order valence-electron chi connectivity index (χ0n) is 21.0. The van der Waals surface area contributed by atoms with Crippen LogP contribution in [0.5, 0.6) is 5.75 Å². The summed E-state index contributed by atoms with van der Waals surface area (Å²) in [6.07, 6.45) is 5.86. The van der Waals surface area contributed by atoms with Crippen molar-refractivity contribution in [1.82, 2.24) is 9.97 Å². The highest BCUT2D eigenvalue weighted by molar-refractivity contribution is 7.92. The third kappa shape index (κ3) is 6.01. The summed E-state index contributed by atoms with van der Waals surface area (Å²) in [6.45, 7) is 6.15. The van der Waals surface area contributed by atoms with Crippen LogP contribution >= 0.6 is 11.3 Å². The second-order valence-corrected chi connectivity index (χ2v) is 11.4. The number of hydrogen-bond donors (Lipinski definition) is 3. The topological polar surface area (TPSA) is 128 Å². The number of amides is 2. The second-order valence-electron chi connectivity index (χ2n) is 9.24. The molecule has 0 spiro atoms. The van der Waals surface area contributed by atoms with Gasteiger partial charge in [-0.1, -0.05) is 32.9 Å². The monoisotopic (exact) mass is 537 g/mol. The van der Waals surface area contributed by atoms with E-state index in [1.54, 1.807) is 12.1 Å².